The van der Waals surface area contributed by atoms with Gasteiger partial charge in [0.25, 0.3) is 0 Å². The zero-order chi connectivity index (χ0) is 12.3. The number of rotatable bonds is 3. The first-order valence-electron chi connectivity index (χ1n) is 5.03. The van der Waals surface area contributed by atoms with Gasteiger partial charge < -0.3 is 16.2 Å². The van der Waals surface area contributed by atoms with Crippen molar-refractivity contribution in [1.29, 1.82) is 0 Å². The molecule has 0 aromatic carbocycles. The average molecular weight is 223 g/mol. The van der Waals surface area contributed by atoms with E-state index in [1.807, 2.05) is 0 Å². The smallest absolute Gasteiger partial charge is 0.227 e. The summed E-state index contributed by atoms with van der Waals surface area (Å²) < 4.78 is 0. The Kier molecular flexibility index (Phi) is 3.49. The molecule has 88 valence electrons. The predicted octanol–water partition coefficient (Wildman–Crippen LogP) is 1.16. The van der Waals surface area contributed by atoms with E-state index in [9.17, 15) is 9.90 Å². The number of hydrogen-bond donors (Lipinski definition) is 3. The number of amides is 1. The Balaban J connectivity index is 2.73. The number of aromatic nitrogens is 1. The fraction of sp³-hybridized carbons (Fsp3) is 0.455. The van der Waals surface area contributed by atoms with Crippen LogP contribution in [0.1, 0.15) is 26.0 Å². The van der Waals surface area contributed by atoms with Gasteiger partial charge in [0, 0.05) is 17.7 Å². The topological polar surface area (TPSA) is 88.2 Å². The van der Waals surface area contributed by atoms with Gasteiger partial charge in [-0.15, -0.1) is 0 Å². The van der Waals surface area contributed by atoms with Crippen molar-refractivity contribution >= 4 is 11.7 Å². The normalized spacial score (nSPS) is 11.2. The van der Waals surface area contributed by atoms with E-state index < -0.39 is 5.54 Å². The quantitative estimate of drug-likeness (QED) is 0.717. The Morgan fingerprint density at radius 2 is 2.19 bits per heavy atom. The molecule has 16 heavy (non-hydrogen) atoms. The molecule has 0 spiro atoms. The SMILES string of the molecule is Cc1ccc(O)c(NC(=O)CC(C)(C)N)n1. The summed E-state index contributed by atoms with van der Waals surface area (Å²) in [7, 11) is 0. The molecule has 0 radical (unpaired) electrons. The maximum atomic E-state index is 11.5. The molecule has 0 aliphatic rings. The molecule has 4 N–H and O–H groups in total. The molecule has 0 fully saturated rings. The van der Waals surface area contributed by atoms with Crippen LogP contribution < -0.4 is 11.1 Å². The molecule has 0 aliphatic heterocycles. The highest BCUT2D eigenvalue weighted by Gasteiger charge is 2.17. The molecule has 1 aromatic heterocycles. The predicted molar refractivity (Wildman–Crippen MR) is 62.2 cm³/mol. The lowest BCUT2D eigenvalue weighted by atomic mass is 10.0. The number of carbonyl (C=O) groups is 1. The van der Waals surface area contributed by atoms with Crippen LogP contribution in [-0.2, 0) is 4.79 Å². The number of hydrogen-bond acceptors (Lipinski definition) is 4. The van der Waals surface area contributed by atoms with Crippen LogP contribution in [0.5, 0.6) is 5.75 Å². The van der Waals surface area contributed by atoms with E-state index in [1.165, 1.54) is 6.07 Å². The van der Waals surface area contributed by atoms with Crippen molar-refractivity contribution in [3.63, 3.8) is 0 Å². The molecule has 1 heterocycles. The fourth-order valence-corrected chi connectivity index (χ4v) is 1.23. The van der Waals surface area contributed by atoms with Gasteiger partial charge >= 0.3 is 0 Å². The second-order valence-electron chi connectivity index (χ2n) is 4.53. The summed E-state index contributed by atoms with van der Waals surface area (Å²) in [6.07, 6.45) is 0.169. The minimum absolute atomic E-state index is 0.0474. The first-order valence-corrected chi connectivity index (χ1v) is 5.03. The third-order valence-electron chi connectivity index (χ3n) is 1.89. The number of aryl methyl sites for hydroxylation is 1. The highest BCUT2D eigenvalue weighted by molar-refractivity contribution is 5.91. The fourth-order valence-electron chi connectivity index (χ4n) is 1.23. The van der Waals surface area contributed by atoms with E-state index in [0.717, 1.165) is 5.69 Å². The molecule has 0 aliphatic carbocycles. The minimum Gasteiger partial charge on any atom is -0.504 e. The first kappa shape index (κ1) is 12.4. The van der Waals surface area contributed by atoms with Crippen LogP contribution in [0.25, 0.3) is 0 Å². The molecule has 1 rings (SSSR count). The highest BCUT2D eigenvalue weighted by atomic mass is 16.3. The second kappa shape index (κ2) is 4.49. The number of nitrogens with one attached hydrogen (secondary N) is 1. The lowest BCUT2D eigenvalue weighted by Gasteiger charge is -2.17. The van der Waals surface area contributed by atoms with Gasteiger partial charge in [-0.3, -0.25) is 4.79 Å². The zero-order valence-electron chi connectivity index (χ0n) is 9.74. The number of anilines is 1. The van der Waals surface area contributed by atoms with Gasteiger partial charge in [0.2, 0.25) is 5.91 Å². The van der Waals surface area contributed by atoms with Crippen molar-refractivity contribution in [1.82, 2.24) is 4.98 Å². The average Bonchev–Trinajstić information content (AvgIpc) is 2.08. The highest BCUT2D eigenvalue weighted by Crippen LogP contribution is 2.20. The van der Waals surface area contributed by atoms with E-state index in [2.05, 4.69) is 10.3 Å². The van der Waals surface area contributed by atoms with Gasteiger partial charge in [0.05, 0.1) is 0 Å². The summed E-state index contributed by atoms with van der Waals surface area (Å²) in [6.45, 7) is 5.30. The van der Waals surface area contributed by atoms with Crippen molar-refractivity contribution in [3.05, 3.63) is 17.8 Å². The van der Waals surface area contributed by atoms with E-state index in [4.69, 9.17) is 5.73 Å². The Morgan fingerprint density at radius 1 is 1.56 bits per heavy atom. The molecule has 1 amide bonds. The number of aromatic hydroxyl groups is 1. The van der Waals surface area contributed by atoms with Gasteiger partial charge in [-0.1, -0.05) is 0 Å². The number of carbonyl (C=O) groups excluding carboxylic acids is 1. The maximum absolute atomic E-state index is 11.5. The third-order valence-corrected chi connectivity index (χ3v) is 1.89. The Hall–Kier alpha value is -1.62. The van der Waals surface area contributed by atoms with Crippen molar-refractivity contribution in [3.8, 4) is 5.75 Å². The third kappa shape index (κ3) is 3.86. The molecule has 1 aromatic rings. The summed E-state index contributed by atoms with van der Waals surface area (Å²) in [5.74, 6) is -0.135. The van der Waals surface area contributed by atoms with Crippen LogP contribution in [0.3, 0.4) is 0 Å². The lowest BCUT2D eigenvalue weighted by molar-refractivity contribution is -0.117. The summed E-state index contributed by atoms with van der Waals surface area (Å²) in [6, 6.07) is 3.16. The van der Waals surface area contributed by atoms with Crippen LogP contribution in [0, 0.1) is 6.92 Å². The van der Waals surface area contributed by atoms with Crippen molar-refractivity contribution in [2.45, 2.75) is 32.7 Å². The van der Waals surface area contributed by atoms with E-state index in [-0.39, 0.29) is 23.9 Å². The summed E-state index contributed by atoms with van der Waals surface area (Å²) in [5, 5.41) is 12.0. The summed E-state index contributed by atoms with van der Waals surface area (Å²) in [4.78, 5) is 15.6. The monoisotopic (exact) mass is 223 g/mol. The Labute approximate surface area is 94.7 Å². The van der Waals surface area contributed by atoms with Crippen molar-refractivity contribution < 1.29 is 9.90 Å². The van der Waals surface area contributed by atoms with Crippen LogP contribution >= 0.6 is 0 Å². The second-order valence-corrected chi connectivity index (χ2v) is 4.53. The first-order chi connectivity index (χ1) is 7.28. The van der Waals surface area contributed by atoms with Crippen LogP contribution in [-0.4, -0.2) is 21.5 Å². The Bertz CT molecular complexity index is 397. The van der Waals surface area contributed by atoms with E-state index >= 15 is 0 Å². The van der Waals surface area contributed by atoms with E-state index in [0.29, 0.717) is 0 Å². The molecule has 0 saturated carbocycles. The van der Waals surface area contributed by atoms with Crippen molar-refractivity contribution in [2.24, 2.45) is 5.73 Å². The summed E-state index contributed by atoms with van der Waals surface area (Å²) in [5.41, 5.74) is 5.86. The van der Waals surface area contributed by atoms with Gasteiger partial charge in [-0.05, 0) is 32.9 Å². The largest absolute Gasteiger partial charge is 0.504 e. The van der Waals surface area contributed by atoms with Gasteiger partial charge in [0.1, 0.15) is 0 Å². The molecular weight excluding hydrogens is 206 g/mol. The summed E-state index contributed by atoms with van der Waals surface area (Å²) >= 11 is 0. The van der Waals surface area contributed by atoms with Crippen molar-refractivity contribution in [2.75, 3.05) is 5.32 Å². The van der Waals surface area contributed by atoms with Gasteiger partial charge in [-0.2, -0.15) is 0 Å². The molecule has 0 unspecified atom stereocenters. The van der Waals surface area contributed by atoms with Crippen LogP contribution in [0.2, 0.25) is 0 Å². The molecule has 5 heteroatoms. The molecule has 0 saturated heterocycles. The zero-order valence-corrected chi connectivity index (χ0v) is 9.74. The lowest BCUT2D eigenvalue weighted by Crippen LogP contribution is -2.36. The standard InChI is InChI=1S/C11H17N3O2/c1-7-4-5-8(15)10(13-7)14-9(16)6-11(2,3)12/h4-5,15H,6,12H2,1-3H3,(H,13,14,16). The molecule has 5 nitrogen and oxygen atoms in total. The number of nitrogens with two attached hydrogens (primary N) is 1. The van der Waals surface area contributed by atoms with Gasteiger partial charge in [-0.25, -0.2) is 4.98 Å². The van der Waals surface area contributed by atoms with Crippen LogP contribution in [0.4, 0.5) is 5.82 Å². The molecule has 0 atom stereocenters. The Morgan fingerprint density at radius 3 is 2.75 bits per heavy atom. The van der Waals surface area contributed by atoms with Crippen LogP contribution in [0.15, 0.2) is 12.1 Å². The number of pyridine rings is 1. The molecular formula is C11H17N3O2. The maximum Gasteiger partial charge on any atom is 0.227 e. The molecule has 0 bridgehead atoms. The minimum atomic E-state index is -0.580. The van der Waals surface area contributed by atoms with Gasteiger partial charge in [0.15, 0.2) is 11.6 Å². The van der Waals surface area contributed by atoms with E-state index in [1.54, 1.807) is 26.8 Å². The number of nitrogens with zero attached hydrogens (tertiary/aromatic N) is 1.